The van der Waals surface area contributed by atoms with E-state index in [1.807, 2.05) is 26.8 Å². The van der Waals surface area contributed by atoms with Gasteiger partial charge in [0.15, 0.2) is 11.9 Å². The van der Waals surface area contributed by atoms with Crippen molar-refractivity contribution in [3.63, 3.8) is 0 Å². The molecule has 1 unspecified atom stereocenters. The Morgan fingerprint density at radius 1 is 0.962 bits per heavy atom. The highest BCUT2D eigenvalue weighted by atomic mass is 16.7. The van der Waals surface area contributed by atoms with Crippen molar-refractivity contribution in [2.24, 2.45) is 0 Å². The van der Waals surface area contributed by atoms with Crippen LogP contribution in [0.25, 0.3) is 21.8 Å². The van der Waals surface area contributed by atoms with Gasteiger partial charge in [-0.3, -0.25) is 19.6 Å². The largest absolute Gasteiger partial charge is 0.497 e. The zero-order valence-electron chi connectivity index (χ0n) is 31.9. The Morgan fingerprint density at radius 3 is 2.40 bits per heavy atom. The van der Waals surface area contributed by atoms with Crippen LogP contribution in [0.2, 0.25) is 0 Å². The molecule has 1 atom stereocenters. The summed E-state index contributed by atoms with van der Waals surface area (Å²) in [5.74, 6) is 0.899. The topological polar surface area (TPSA) is 137 Å². The Hall–Kier alpha value is -4.24. The number of aromatic amines is 1. The minimum Gasteiger partial charge on any atom is -0.497 e. The van der Waals surface area contributed by atoms with Gasteiger partial charge in [-0.25, -0.2) is 14.5 Å². The number of methoxy groups -OCH3 is 1. The molecule has 0 spiro atoms. The van der Waals surface area contributed by atoms with Gasteiger partial charge >= 0.3 is 6.09 Å². The van der Waals surface area contributed by atoms with E-state index in [0.29, 0.717) is 35.8 Å². The number of rotatable bonds is 10. The normalized spacial score (nSPS) is 16.8. The zero-order chi connectivity index (χ0) is 37.4. The van der Waals surface area contributed by atoms with E-state index in [2.05, 4.69) is 45.0 Å². The third-order valence-corrected chi connectivity index (χ3v) is 9.40. The fourth-order valence-corrected chi connectivity index (χ4v) is 6.36. The number of likely N-dealkylation sites (N-methyl/N-ethyl adjacent to an activating group) is 2. The molecule has 2 aromatic heterocycles. The molecule has 2 saturated heterocycles. The number of hydrogen-bond acceptors (Lipinski definition) is 10. The van der Waals surface area contributed by atoms with E-state index < -0.39 is 5.60 Å². The van der Waals surface area contributed by atoms with Gasteiger partial charge in [-0.2, -0.15) is 10.2 Å². The van der Waals surface area contributed by atoms with Crippen LogP contribution in [0.4, 0.5) is 4.79 Å². The number of aromatic nitrogens is 4. The van der Waals surface area contributed by atoms with E-state index in [9.17, 15) is 9.59 Å². The maximum atomic E-state index is 12.3. The van der Waals surface area contributed by atoms with Crippen LogP contribution in [-0.2, 0) is 25.6 Å². The van der Waals surface area contributed by atoms with Crippen molar-refractivity contribution in [1.82, 2.24) is 34.8 Å². The third-order valence-electron chi connectivity index (χ3n) is 9.40. The average Bonchev–Trinajstić information content (AvgIpc) is 3.74. The molecule has 0 saturated carbocycles. The van der Waals surface area contributed by atoms with E-state index in [1.165, 1.54) is 31.5 Å². The molecule has 284 valence electrons. The first-order chi connectivity index (χ1) is 24.9. The molecule has 1 N–H and O–H groups in total. The standard InChI is InChI=1S/C27H42N4O4.C11H13N3O3/c1-27(2,3)35-26(32)30(5)14-13-29(4)19-23-22-18-21(20-11-16-33-17-12-20)9-10-24(22)31(28-23)25-8-6-7-15-34-25;1-14(17-3)11(15)10-8-6-7(16-2)4-5-9(8)12-13-10/h9-10,18,20,25H,6-8,11-17,19H2,1-5H3;4-6H,1-3H3,(H,12,13). The Kier molecular flexibility index (Phi) is 13.1. The molecular formula is C38H55N7O7. The summed E-state index contributed by atoms with van der Waals surface area (Å²) in [6.45, 7) is 10.1. The predicted molar refractivity (Wildman–Crippen MR) is 198 cm³/mol. The molecule has 0 bridgehead atoms. The van der Waals surface area contributed by atoms with Gasteiger partial charge in [0.2, 0.25) is 0 Å². The molecule has 2 aromatic carbocycles. The lowest BCUT2D eigenvalue weighted by Gasteiger charge is -2.26. The molecule has 6 rings (SSSR count). The van der Waals surface area contributed by atoms with E-state index in [-0.39, 0.29) is 18.2 Å². The van der Waals surface area contributed by atoms with Crippen molar-refractivity contribution in [2.45, 2.75) is 77.2 Å². The summed E-state index contributed by atoms with van der Waals surface area (Å²) in [7, 11) is 8.39. The maximum Gasteiger partial charge on any atom is 0.410 e. The van der Waals surface area contributed by atoms with Crippen LogP contribution < -0.4 is 4.74 Å². The first-order valence-electron chi connectivity index (χ1n) is 18.1. The van der Waals surface area contributed by atoms with Crippen molar-refractivity contribution in [2.75, 3.05) is 68.3 Å². The summed E-state index contributed by atoms with van der Waals surface area (Å²) in [6.07, 6.45) is 5.11. The highest BCUT2D eigenvalue weighted by Gasteiger charge is 2.25. The molecule has 2 aliphatic heterocycles. The second kappa shape index (κ2) is 17.5. The summed E-state index contributed by atoms with van der Waals surface area (Å²) >= 11 is 0. The highest BCUT2D eigenvalue weighted by Crippen LogP contribution is 2.33. The number of hydrogen-bond donors (Lipinski definition) is 1. The monoisotopic (exact) mass is 721 g/mol. The molecule has 0 radical (unpaired) electrons. The minimum atomic E-state index is -0.494. The number of benzene rings is 2. The SMILES string of the molecule is CN(CCN(C)C(=O)OC(C)(C)C)Cc1nn(C2CCCCO2)c2ccc(C3CCOCC3)cc12.COc1ccc2[nH]nc(C(=O)N(C)OC)c2c1. The first-order valence-corrected chi connectivity index (χ1v) is 18.1. The van der Waals surface area contributed by atoms with Crippen molar-refractivity contribution >= 4 is 33.8 Å². The number of H-pyrrole nitrogens is 1. The van der Waals surface area contributed by atoms with Crippen LogP contribution >= 0.6 is 0 Å². The summed E-state index contributed by atoms with van der Waals surface area (Å²) in [5.41, 5.74) is 4.17. The van der Waals surface area contributed by atoms with Crippen LogP contribution in [0.15, 0.2) is 36.4 Å². The van der Waals surface area contributed by atoms with Gasteiger partial charge in [0, 0.05) is 64.3 Å². The lowest BCUT2D eigenvalue weighted by atomic mass is 9.91. The summed E-state index contributed by atoms with van der Waals surface area (Å²) in [4.78, 5) is 32.9. The zero-order valence-corrected chi connectivity index (χ0v) is 31.9. The molecule has 0 aliphatic carbocycles. The lowest BCUT2D eigenvalue weighted by Crippen LogP contribution is -2.38. The second-order valence-electron chi connectivity index (χ2n) is 14.5. The van der Waals surface area contributed by atoms with Crippen molar-refractivity contribution in [3.05, 3.63) is 53.3 Å². The fourth-order valence-electron chi connectivity index (χ4n) is 6.36. The number of amides is 2. The summed E-state index contributed by atoms with van der Waals surface area (Å²) in [6, 6.07) is 12.2. The number of carbonyl (C=O) groups excluding carboxylic acids is 2. The molecule has 52 heavy (non-hydrogen) atoms. The molecule has 2 aliphatic rings. The number of hydroxylamine groups is 2. The highest BCUT2D eigenvalue weighted by molar-refractivity contribution is 6.04. The van der Waals surface area contributed by atoms with Crippen LogP contribution in [0.3, 0.4) is 0 Å². The third kappa shape index (κ3) is 9.79. The van der Waals surface area contributed by atoms with E-state index >= 15 is 0 Å². The molecule has 2 amide bonds. The molecule has 4 heterocycles. The van der Waals surface area contributed by atoms with Gasteiger partial charge in [0.05, 0.1) is 30.9 Å². The van der Waals surface area contributed by atoms with E-state index in [1.54, 1.807) is 31.2 Å². The predicted octanol–water partition coefficient (Wildman–Crippen LogP) is 6.13. The van der Waals surface area contributed by atoms with Gasteiger partial charge in [-0.05, 0) is 102 Å². The van der Waals surface area contributed by atoms with Gasteiger partial charge < -0.3 is 23.8 Å². The van der Waals surface area contributed by atoms with E-state index in [4.69, 9.17) is 28.9 Å². The number of carbonyl (C=O) groups is 2. The van der Waals surface area contributed by atoms with Gasteiger partial charge in [-0.1, -0.05) is 6.07 Å². The quantitative estimate of drug-likeness (QED) is 0.191. The first kappa shape index (κ1) is 39.0. The van der Waals surface area contributed by atoms with Crippen molar-refractivity contribution in [3.8, 4) is 5.75 Å². The molecule has 2 fully saturated rings. The Labute approximate surface area is 306 Å². The fraction of sp³-hybridized carbons (Fsp3) is 0.579. The number of ether oxygens (including phenoxy) is 4. The smallest absolute Gasteiger partial charge is 0.410 e. The minimum absolute atomic E-state index is 0.00228. The average molecular weight is 722 g/mol. The second-order valence-corrected chi connectivity index (χ2v) is 14.5. The van der Waals surface area contributed by atoms with Crippen LogP contribution in [0.1, 0.15) is 86.8 Å². The van der Waals surface area contributed by atoms with Gasteiger partial charge in [0.1, 0.15) is 11.4 Å². The van der Waals surface area contributed by atoms with Crippen molar-refractivity contribution < 1.29 is 33.4 Å². The van der Waals surface area contributed by atoms with Crippen LogP contribution in [-0.4, -0.2) is 121 Å². The maximum absolute atomic E-state index is 12.3. The lowest BCUT2D eigenvalue weighted by molar-refractivity contribution is -0.0759. The molecule has 14 heteroatoms. The Balaban J connectivity index is 0.000000257. The molecule has 4 aromatic rings. The summed E-state index contributed by atoms with van der Waals surface area (Å²) in [5, 5.41) is 14.9. The molecule has 14 nitrogen and oxygen atoms in total. The van der Waals surface area contributed by atoms with Crippen LogP contribution in [0.5, 0.6) is 5.75 Å². The van der Waals surface area contributed by atoms with Gasteiger partial charge in [0.25, 0.3) is 5.91 Å². The van der Waals surface area contributed by atoms with Crippen LogP contribution in [0, 0.1) is 0 Å². The Bertz CT molecular complexity index is 1790. The molecular weight excluding hydrogens is 666 g/mol. The number of fused-ring (bicyclic) bond motifs is 2. The van der Waals surface area contributed by atoms with Crippen molar-refractivity contribution in [1.29, 1.82) is 0 Å². The van der Waals surface area contributed by atoms with Gasteiger partial charge in [-0.15, -0.1) is 0 Å². The Morgan fingerprint density at radius 2 is 1.73 bits per heavy atom. The van der Waals surface area contributed by atoms with E-state index in [0.717, 1.165) is 73.8 Å². The number of nitrogens with one attached hydrogen (secondary N) is 1. The summed E-state index contributed by atoms with van der Waals surface area (Å²) < 4.78 is 24.4. The number of nitrogens with zero attached hydrogens (tertiary/aromatic N) is 6.